The molecule has 2 aromatic carbocycles. The Morgan fingerprint density at radius 1 is 1.07 bits per heavy atom. The maximum absolute atomic E-state index is 11.8. The summed E-state index contributed by atoms with van der Waals surface area (Å²) in [7, 11) is 0. The van der Waals surface area contributed by atoms with Gasteiger partial charge in [0.1, 0.15) is 17.1 Å². The van der Waals surface area contributed by atoms with E-state index in [9.17, 15) is 9.59 Å². The van der Waals surface area contributed by atoms with Crippen molar-refractivity contribution in [1.29, 1.82) is 0 Å². The number of furan rings is 1. The van der Waals surface area contributed by atoms with E-state index in [-0.39, 0.29) is 16.4 Å². The third kappa shape index (κ3) is 3.64. The van der Waals surface area contributed by atoms with Crippen molar-refractivity contribution < 1.29 is 18.4 Å². The van der Waals surface area contributed by atoms with Crippen LogP contribution in [0, 0.1) is 6.92 Å². The Labute approximate surface area is 176 Å². The number of hydrogen-bond acceptors (Lipinski definition) is 6. The van der Waals surface area contributed by atoms with Gasteiger partial charge < -0.3 is 8.83 Å². The van der Waals surface area contributed by atoms with E-state index in [0.717, 1.165) is 51.1 Å². The Morgan fingerprint density at radius 2 is 1.90 bits per heavy atom. The standard InChI is InChI=1S/C23H18N2O4S/c1-13-18(24-22(28-13)15-5-3-2-4-6-15)12-17-11-16-9-14(7-8-19(16)29-17)10-20-21(26)25-23(27)30-20/h2-9,11,20H,10,12H2,1H3,(H,25,26,27)/t20-/m1/s1. The third-order valence-corrected chi connectivity index (χ3v) is 6.06. The fraction of sp³-hybridized carbons (Fsp3) is 0.174. The predicted octanol–water partition coefficient (Wildman–Crippen LogP) is 4.88. The average Bonchev–Trinajstić information content (AvgIpc) is 3.39. The zero-order chi connectivity index (χ0) is 20.7. The molecule has 7 heteroatoms. The lowest BCUT2D eigenvalue weighted by Crippen LogP contribution is -2.25. The fourth-order valence-electron chi connectivity index (χ4n) is 3.56. The first-order valence-electron chi connectivity index (χ1n) is 9.60. The van der Waals surface area contributed by atoms with Gasteiger partial charge in [-0.1, -0.05) is 36.0 Å². The lowest BCUT2D eigenvalue weighted by molar-refractivity contribution is -0.118. The molecule has 0 radical (unpaired) electrons. The molecule has 0 bridgehead atoms. The fourth-order valence-corrected chi connectivity index (χ4v) is 4.42. The van der Waals surface area contributed by atoms with Gasteiger partial charge in [0.15, 0.2) is 0 Å². The van der Waals surface area contributed by atoms with Crippen LogP contribution in [0.2, 0.25) is 0 Å². The van der Waals surface area contributed by atoms with Crippen molar-refractivity contribution in [2.45, 2.75) is 25.0 Å². The first-order chi connectivity index (χ1) is 14.5. The molecular formula is C23H18N2O4S. The van der Waals surface area contributed by atoms with E-state index in [4.69, 9.17) is 8.83 Å². The number of oxazole rings is 1. The Hall–Kier alpha value is -3.32. The third-order valence-electron chi connectivity index (χ3n) is 5.07. The summed E-state index contributed by atoms with van der Waals surface area (Å²) in [6, 6.07) is 17.6. The van der Waals surface area contributed by atoms with E-state index >= 15 is 0 Å². The molecule has 1 aliphatic rings. The van der Waals surface area contributed by atoms with Gasteiger partial charge in [-0.25, -0.2) is 4.98 Å². The number of thioether (sulfide) groups is 1. The molecule has 0 spiro atoms. The molecule has 1 fully saturated rings. The van der Waals surface area contributed by atoms with E-state index in [2.05, 4.69) is 10.3 Å². The minimum Gasteiger partial charge on any atom is -0.461 e. The second-order valence-electron chi connectivity index (χ2n) is 7.24. The number of benzene rings is 2. The topological polar surface area (TPSA) is 85.3 Å². The molecule has 6 nitrogen and oxygen atoms in total. The smallest absolute Gasteiger partial charge is 0.286 e. The number of fused-ring (bicyclic) bond motifs is 1. The van der Waals surface area contributed by atoms with Crippen LogP contribution in [-0.4, -0.2) is 21.4 Å². The van der Waals surface area contributed by atoms with Gasteiger partial charge >= 0.3 is 0 Å². The van der Waals surface area contributed by atoms with Crippen LogP contribution in [0.25, 0.3) is 22.4 Å². The van der Waals surface area contributed by atoms with Gasteiger partial charge in [0.2, 0.25) is 11.8 Å². The van der Waals surface area contributed by atoms with E-state index in [0.29, 0.717) is 18.7 Å². The number of nitrogens with zero attached hydrogens (tertiary/aromatic N) is 1. The van der Waals surface area contributed by atoms with Crippen molar-refractivity contribution in [3.63, 3.8) is 0 Å². The van der Waals surface area contributed by atoms with E-state index in [1.807, 2.05) is 61.5 Å². The van der Waals surface area contributed by atoms with Gasteiger partial charge in [0.05, 0.1) is 17.4 Å². The van der Waals surface area contributed by atoms with Crippen LogP contribution < -0.4 is 5.32 Å². The number of rotatable bonds is 5. The zero-order valence-electron chi connectivity index (χ0n) is 16.2. The summed E-state index contributed by atoms with van der Waals surface area (Å²) in [6.45, 7) is 1.90. The summed E-state index contributed by atoms with van der Waals surface area (Å²) in [5.41, 5.74) is 3.54. The number of imide groups is 1. The van der Waals surface area contributed by atoms with Crippen molar-refractivity contribution in [2.24, 2.45) is 0 Å². The molecule has 0 aliphatic carbocycles. The molecule has 2 amide bonds. The maximum atomic E-state index is 11.8. The highest BCUT2D eigenvalue weighted by Gasteiger charge is 2.31. The van der Waals surface area contributed by atoms with Crippen LogP contribution in [0.15, 0.2) is 63.4 Å². The zero-order valence-corrected chi connectivity index (χ0v) is 17.0. The van der Waals surface area contributed by atoms with Crippen molar-refractivity contribution in [3.05, 3.63) is 77.4 Å². The molecule has 5 rings (SSSR count). The maximum Gasteiger partial charge on any atom is 0.286 e. The highest BCUT2D eigenvalue weighted by atomic mass is 32.2. The molecular weight excluding hydrogens is 400 g/mol. The molecule has 0 unspecified atom stereocenters. The first-order valence-corrected chi connectivity index (χ1v) is 10.5. The monoisotopic (exact) mass is 418 g/mol. The Kier molecular flexibility index (Phi) is 4.67. The molecule has 150 valence electrons. The highest BCUT2D eigenvalue weighted by Crippen LogP contribution is 2.28. The minimum absolute atomic E-state index is 0.228. The van der Waals surface area contributed by atoms with Crippen LogP contribution in [0.3, 0.4) is 0 Å². The van der Waals surface area contributed by atoms with Crippen molar-refractivity contribution >= 4 is 33.9 Å². The second-order valence-corrected chi connectivity index (χ2v) is 8.41. The number of hydrogen-bond donors (Lipinski definition) is 1. The van der Waals surface area contributed by atoms with Crippen molar-refractivity contribution in [3.8, 4) is 11.5 Å². The summed E-state index contributed by atoms with van der Waals surface area (Å²) in [5.74, 6) is 1.93. The number of aryl methyl sites for hydroxylation is 1. The normalized spacial score (nSPS) is 16.4. The number of carbonyl (C=O) groups excluding carboxylic acids is 2. The Balaban J connectivity index is 1.36. The summed E-state index contributed by atoms with van der Waals surface area (Å²) >= 11 is 1.04. The molecule has 30 heavy (non-hydrogen) atoms. The summed E-state index contributed by atoms with van der Waals surface area (Å²) < 4.78 is 11.8. The largest absolute Gasteiger partial charge is 0.461 e. The highest BCUT2D eigenvalue weighted by molar-refractivity contribution is 8.15. The van der Waals surface area contributed by atoms with Crippen LogP contribution in [0.4, 0.5) is 4.79 Å². The van der Waals surface area contributed by atoms with Crippen molar-refractivity contribution in [2.75, 3.05) is 0 Å². The Bertz CT molecular complexity index is 1260. The average molecular weight is 418 g/mol. The summed E-state index contributed by atoms with van der Waals surface area (Å²) in [4.78, 5) is 27.8. The number of nitrogens with one attached hydrogen (secondary N) is 1. The molecule has 4 aromatic rings. The molecule has 3 heterocycles. The molecule has 1 saturated heterocycles. The van der Waals surface area contributed by atoms with Crippen LogP contribution in [0.1, 0.15) is 22.8 Å². The second kappa shape index (κ2) is 7.50. The molecule has 1 atom stereocenters. The lowest BCUT2D eigenvalue weighted by Gasteiger charge is -2.04. The van der Waals surface area contributed by atoms with E-state index in [1.54, 1.807) is 0 Å². The van der Waals surface area contributed by atoms with E-state index in [1.165, 1.54) is 0 Å². The minimum atomic E-state index is -0.379. The lowest BCUT2D eigenvalue weighted by atomic mass is 10.1. The molecule has 1 N–H and O–H groups in total. The van der Waals surface area contributed by atoms with Gasteiger partial charge in [0, 0.05) is 10.9 Å². The Morgan fingerprint density at radius 3 is 2.67 bits per heavy atom. The predicted molar refractivity (Wildman–Crippen MR) is 114 cm³/mol. The van der Waals surface area contributed by atoms with Gasteiger partial charge in [-0.15, -0.1) is 0 Å². The molecule has 1 aliphatic heterocycles. The number of carbonyl (C=O) groups is 2. The molecule has 0 saturated carbocycles. The van der Waals surface area contributed by atoms with Crippen LogP contribution >= 0.6 is 11.8 Å². The first kappa shape index (κ1) is 18.7. The summed E-state index contributed by atoms with van der Waals surface area (Å²) in [5, 5.41) is 2.62. The van der Waals surface area contributed by atoms with E-state index < -0.39 is 0 Å². The SMILES string of the molecule is Cc1oc(-c2ccccc2)nc1Cc1cc2cc(C[C@H]3SC(=O)NC3=O)ccc2o1. The number of aromatic nitrogens is 1. The summed E-state index contributed by atoms with van der Waals surface area (Å²) in [6.07, 6.45) is 1.03. The van der Waals surface area contributed by atoms with Gasteiger partial charge in [-0.2, -0.15) is 0 Å². The van der Waals surface area contributed by atoms with Gasteiger partial charge in [-0.05, 0) is 49.2 Å². The van der Waals surface area contributed by atoms with Gasteiger partial charge in [-0.3, -0.25) is 14.9 Å². The van der Waals surface area contributed by atoms with Crippen molar-refractivity contribution in [1.82, 2.24) is 10.3 Å². The molecule has 2 aromatic heterocycles. The number of amides is 2. The van der Waals surface area contributed by atoms with Gasteiger partial charge in [0.25, 0.3) is 5.24 Å². The van der Waals surface area contributed by atoms with Crippen LogP contribution in [-0.2, 0) is 17.6 Å². The van der Waals surface area contributed by atoms with Crippen LogP contribution in [0.5, 0.6) is 0 Å². The quantitative estimate of drug-likeness (QED) is 0.497.